The summed E-state index contributed by atoms with van der Waals surface area (Å²) in [5, 5.41) is 3.48. The fraction of sp³-hybridized carbons (Fsp3) is 0.375. The van der Waals surface area contributed by atoms with Crippen LogP contribution in [0.15, 0.2) is 53.5 Å². The number of benzene rings is 2. The molecule has 2 aliphatic rings. The van der Waals surface area contributed by atoms with Crippen LogP contribution in [0, 0.1) is 6.92 Å². The molecular formula is C24H26ClN3O2. The molecule has 4 rings (SSSR count). The van der Waals surface area contributed by atoms with E-state index in [-0.39, 0.29) is 18.4 Å². The number of hydrogen-bond acceptors (Lipinski definition) is 3. The van der Waals surface area contributed by atoms with Gasteiger partial charge in [-0.05, 0) is 56.9 Å². The molecule has 1 fully saturated rings. The lowest BCUT2D eigenvalue weighted by Crippen LogP contribution is -2.50. The van der Waals surface area contributed by atoms with Crippen molar-refractivity contribution in [3.8, 4) is 0 Å². The molecule has 0 unspecified atom stereocenters. The summed E-state index contributed by atoms with van der Waals surface area (Å²) >= 11 is 5.92. The van der Waals surface area contributed by atoms with Gasteiger partial charge < -0.3 is 10.2 Å². The first-order valence-electron chi connectivity index (χ1n) is 10.5. The predicted molar refractivity (Wildman–Crippen MR) is 120 cm³/mol. The number of rotatable bonds is 4. The fourth-order valence-corrected chi connectivity index (χ4v) is 4.43. The normalized spacial score (nSPS) is 18.3. The zero-order chi connectivity index (χ0) is 21.1. The van der Waals surface area contributed by atoms with Crippen LogP contribution in [0.25, 0.3) is 0 Å². The number of nitrogens with one attached hydrogen (secondary N) is 1. The number of anilines is 1. The average molecular weight is 424 g/mol. The lowest BCUT2D eigenvalue weighted by Gasteiger charge is -2.35. The second-order valence-corrected chi connectivity index (χ2v) is 8.61. The highest BCUT2D eigenvalue weighted by Gasteiger charge is 2.47. The number of aliphatic imine (C=N–C) groups is 1. The maximum Gasteiger partial charge on any atom is 0.275 e. The summed E-state index contributed by atoms with van der Waals surface area (Å²) in [4.78, 5) is 32.9. The second kappa shape index (κ2) is 8.60. The van der Waals surface area contributed by atoms with Crippen molar-refractivity contribution in [1.82, 2.24) is 4.90 Å². The van der Waals surface area contributed by atoms with E-state index in [1.807, 2.05) is 31.2 Å². The van der Waals surface area contributed by atoms with Crippen LogP contribution >= 0.6 is 11.6 Å². The molecule has 0 bridgehead atoms. The van der Waals surface area contributed by atoms with E-state index >= 15 is 0 Å². The highest BCUT2D eigenvalue weighted by molar-refractivity contribution is 6.47. The fourth-order valence-electron chi connectivity index (χ4n) is 4.31. The summed E-state index contributed by atoms with van der Waals surface area (Å²) in [6.45, 7) is 2.00. The topological polar surface area (TPSA) is 61.8 Å². The minimum atomic E-state index is -0.620. The van der Waals surface area contributed by atoms with E-state index in [0.717, 1.165) is 49.7 Å². The number of nitrogens with zero attached hydrogens (tertiary/aromatic N) is 2. The molecule has 0 atom stereocenters. The molecule has 1 heterocycles. The van der Waals surface area contributed by atoms with E-state index in [0.29, 0.717) is 16.4 Å². The monoisotopic (exact) mass is 423 g/mol. The van der Waals surface area contributed by atoms with Gasteiger partial charge in [0.15, 0.2) is 0 Å². The SMILES string of the molecule is Cc1ccc(C2=NC3(CCCCCC3)N(CC(=O)Nc3ccc(Cl)cc3)C2=O)cc1. The van der Waals surface area contributed by atoms with Crippen LogP contribution in [0.4, 0.5) is 5.69 Å². The Bertz CT molecular complexity index is 959. The maximum absolute atomic E-state index is 13.4. The van der Waals surface area contributed by atoms with Gasteiger partial charge >= 0.3 is 0 Å². The molecule has 5 nitrogen and oxygen atoms in total. The van der Waals surface area contributed by atoms with Gasteiger partial charge in [0.25, 0.3) is 5.91 Å². The zero-order valence-electron chi connectivity index (χ0n) is 17.2. The Hall–Kier alpha value is -2.66. The van der Waals surface area contributed by atoms with Crippen molar-refractivity contribution in [3.05, 3.63) is 64.7 Å². The van der Waals surface area contributed by atoms with Gasteiger partial charge in [0.2, 0.25) is 5.91 Å². The zero-order valence-corrected chi connectivity index (χ0v) is 17.9. The number of carbonyl (C=O) groups is 2. The Labute approximate surface area is 182 Å². The van der Waals surface area contributed by atoms with Crippen molar-refractivity contribution in [2.45, 2.75) is 51.1 Å². The van der Waals surface area contributed by atoms with Crippen LogP contribution in [0.2, 0.25) is 5.02 Å². The van der Waals surface area contributed by atoms with Crippen molar-refractivity contribution in [3.63, 3.8) is 0 Å². The number of hydrogen-bond donors (Lipinski definition) is 1. The molecule has 2 amide bonds. The number of carbonyl (C=O) groups excluding carboxylic acids is 2. The molecule has 30 heavy (non-hydrogen) atoms. The Morgan fingerprint density at radius 2 is 1.67 bits per heavy atom. The molecule has 0 aromatic heterocycles. The van der Waals surface area contributed by atoms with Gasteiger partial charge in [-0.25, -0.2) is 0 Å². The van der Waals surface area contributed by atoms with Crippen LogP contribution < -0.4 is 5.32 Å². The molecule has 1 spiro atoms. The molecule has 2 aromatic rings. The highest BCUT2D eigenvalue weighted by Crippen LogP contribution is 2.38. The Kier molecular flexibility index (Phi) is 5.91. The highest BCUT2D eigenvalue weighted by atomic mass is 35.5. The molecule has 156 valence electrons. The van der Waals surface area contributed by atoms with Gasteiger partial charge in [-0.1, -0.05) is 54.3 Å². The lowest BCUT2D eigenvalue weighted by molar-refractivity contribution is -0.133. The first-order valence-corrected chi connectivity index (χ1v) is 10.9. The quantitative estimate of drug-likeness (QED) is 0.754. The third-order valence-electron chi connectivity index (χ3n) is 5.93. The molecular weight excluding hydrogens is 398 g/mol. The van der Waals surface area contributed by atoms with Crippen LogP contribution in [0.3, 0.4) is 0 Å². The largest absolute Gasteiger partial charge is 0.325 e. The van der Waals surface area contributed by atoms with E-state index in [1.54, 1.807) is 29.2 Å². The molecule has 1 aliphatic heterocycles. The van der Waals surface area contributed by atoms with Crippen molar-refractivity contribution >= 4 is 34.8 Å². The van der Waals surface area contributed by atoms with E-state index in [9.17, 15) is 9.59 Å². The Morgan fingerprint density at radius 3 is 2.30 bits per heavy atom. The summed E-state index contributed by atoms with van der Waals surface area (Å²) in [7, 11) is 0. The van der Waals surface area contributed by atoms with Gasteiger partial charge in [-0.3, -0.25) is 14.6 Å². The smallest absolute Gasteiger partial charge is 0.275 e. The molecule has 2 aromatic carbocycles. The minimum Gasteiger partial charge on any atom is -0.325 e. The second-order valence-electron chi connectivity index (χ2n) is 8.17. The molecule has 0 radical (unpaired) electrons. The molecule has 1 saturated carbocycles. The van der Waals surface area contributed by atoms with E-state index in [1.165, 1.54) is 0 Å². The average Bonchev–Trinajstić information content (AvgIpc) is 2.88. The first kappa shape index (κ1) is 20.6. The first-order chi connectivity index (χ1) is 14.5. The van der Waals surface area contributed by atoms with Gasteiger partial charge in [0, 0.05) is 16.3 Å². The van der Waals surface area contributed by atoms with Crippen LogP contribution in [0.5, 0.6) is 0 Å². The van der Waals surface area contributed by atoms with Gasteiger partial charge in [0.1, 0.15) is 17.9 Å². The molecule has 1 N–H and O–H groups in total. The van der Waals surface area contributed by atoms with Crippen molar-refractivity contribution in [2.75, 3.05) is 11.9 Å². The summed E-state index contributed by atoms with van der Waals surface area (Å²) in [5.74, 6) is -0.387. The molecule has 0 saturated heterocycles. The van der Waals surface area contributed by atoms with Gasteiger partial charge in [-0.15, -0.1) is 0 Å². The van der Waals surface area contributed by atoms with Crippen molar-refractivity contribution in [1.29, 1.82) is 0 Å². The third kappa shape index (κ3) is 4.26. The van der Waals surface area contributed by atoms with Gasteiger partial charge in [0.05, 0.1) is 0 Å². The van der Waals surface area contributed by atoms with E-state index in [4.69, 9.17) is 16.6 Å². The number of aryl methyl sites for hydroxylation is 1. The van der Waals surface area contributed by atoms with E-state index in [2.05, 4.69) is 5.32 Å². The number of halogens is 1. The molecule has 1 aliphatic carbocycles. The summed E-state index contributed by atoms with van der Waals surface area (Å²) in [5.41, 5.74) is 2.45. The van der Waals surface area contributed by atoms with Crippen LogP contribution in [-0.2, 0) is 9.59 Å². The van der Waals surface area contributed by atoms with Gasteiger partial charge in [-0.2, -0.15) is 0 Å². The Balaban J connectivity index is 1.59. The number of amides is 2. The summed E-state index contributed by atoms with van der Waals surface area (Å²) in [6, 6.07) is 14.8. The maximum atomic E-state index is 13.4. The Morgan fingerprint density at radius 1 is 1.03 bits per heavy atom. The van der Waals surface area contributed by atoms with Crippen LogP contribution in [0.1, 0.15) is 49.7 Å². The predicted octanol–water partition coefficient (Wildman–Crippen LogP) is 4.97. The van der Waals surface area contributed by atoms with Crippen LogP contribution in [-0.4, -0.2) is 34.6 Å². The summed E-state index contributed by atoms with van der Waals surface area (Å²) < 4.78 is 0. The minimum absolute atomic E-state index is 0.0136. The summed E-state index contributed by atoms with van der Waals surface area (Å²) in [6.07, 6.45) is 5.87. The molecule has 6 heteroatoms. The standard InChI is InChI=1S/C24H26ClN3O2/c1-17-6-8-18(9-7-17)22-23(30)28(24(27-22)14-4-2-3-5-15-24)16-21(29)26-20-12-10-19(25)11-13-20/h6-13H,2-5,14-16H2,1H3,(H,26,29). The lowest BCUT2D eigenvalue weighted by atomic mass is 10.00. The van der Waals surface area contributed by atoms with Crippen molar-refractivity contribution in [2.24, 2.45) is 4.99 Å². The van der Waals surface area contributed by atoms with E-state index < -0.39 is 5.66 Å². The third-order valence-corrected chi connectivity index (χ3v) is 6.18. The van der Waals surface area contributed by atoms with Crippen molar-refractivity contribution < 1.29 is 9.59 Å².